The van der Waals surface area contributed by atoms with Crippen molar-refractivity contribution < 1.29 is 37.7 Å². The van der Waals surface area contributed by atoms with Crippen LogP contribution in [0.1, 0.15) is 19.8 Å². The highest BCUT2D eigenvalue weighted by Gasteiger charge is 2.34. The number of hydrogen-bond donors (Lipinski definition) is 4. The average molecular weight is 555 g/mol. The minimum atomic E-state index is -4.00. The Bertz CT molecular complexity index is 1100. The van der Waals surface area contributed by atoms with E-state index >= 15 is 0 Å². The number of anilines is 3. The second kappa shape index (κ2) is 14.1. The Morgan fingerprint density at radius 2 is 2.05 bits per heavy atom. The summed E-state index contributed by atoms with van der Waals surface area (Å²) in [5.74, 6) is 0.602. The van der Waals surface area contributed by atoms with Gasteiger partial charge in [0.15, 0.2) is 5.82 Å². The van der Waals surface area contributed by atoms with Gasteiger partial charge in [0.2, 0.25) is 11.8 Å². The summed E-state index contributed by atoms with van der Waals surface area (Å²) in [6.07, 6.45) is 0.189. The molecule has 0 spiro atoms. The van der Waals surface area contributed by atoms with Gasteiger partial charge in [-0.05, 0) is 31.9 Å². The van der Waals surface area contributed by atoms with Crippen LogP contribution in [0.4, 0.5) is 17.5 Å². The topological polar surface area (TPSA) is 180 Å². The standard InChI is InChI=1S/C23H35N6O8P/c1-4-35-19(31)13-26-38(32,37-17-8-6-5-7-9-17)36-14-18(33-2)12-16(10-11-30)29-15-25-20-21(29)27-23(24)28-22(20)34-3/h5-9,16,18,25,30H,4,10-15H2,1-3H3,(H,26,32)(H2,24,27,28). The Kier molecular flexibility index (Phi) is 10.9. The number of benzene rings is 1. The minimum absolute atomic E-state index is 0.0512. The number of rotatable bonds is 16. The van der Waals surface area contributed by atoms with E-state index in [1.165, 1.54) is 14.2 Å². The van der Waals surface area contributed by atoms with Gasteiger partial charge >= 0.3 is 13.7 Å². The van der Waals surface area contributed by atoms with E-state index in [1.807, 2.05) is 4.90 Å². The van der Waals surface area contributed by atoms with E-state index in [2.05, 4.69) is 20.4 Å². The Morgan fingerprint density at radius 1 is 1.29 bits per heavy atom. The van der Waals surface area contributed by atoms with Gasteiger partial charge < -0.3 is 39.8 Å². The Labute approximate surface area is 221 Å². The zero-order valence-electron chi connectivity index (χ0n) is 21.7. The third kappa shape index (κ3) is 7.92. The molecule has 14 nitrogen and oxygen atoms in total. The monoisotopic (exact) mass is 554 g/mol. The highest BCUT2D eigenvalue weighted by Crippen LogP contribution is 2.44. The molecular weight excluding hydrogens is 519 g/mol. The molecule has 0 bridgehead atoms. The van der Waals surface area contributed by atoms with Crippen molar-refractivity contribution >= 4 is 31.2 Å². The summed E-state index contributed by atoms with van der Waals surface area (Å²) in [4.78, 5) is 22.2. The molecule has 2 heterocycles. The van der Waals surface area contributed by atoms with Crippen molar-refractivity contribution in [3.63, 3.8) is 0 Å². The number of carbonyl (C=O) groups excluding carboxylic acids is 1. The first-order valence-electron chi connectivity index (χ1n) is 12.1. The average Bonchev–Trinajstić information content (AvgIpc) is 3.33. The summed E-state index contributed by atoms with van der Waals surface area (Å²) in [5, 5.41) is 15.5. The van der Waals surface area contributed by atoms with Crippen LogP contribution in [0.5, 0.6) is 11.6 Å². The molecule has 3 unspecified atom stereocenters. The van der Waals surface area contributed by atoms with Gasteiger partial charge in [-0.15, -0.1) is 0 Å². The molecule has 1 aliphatic heterocycles. The van der Waals surface area contributed by atoms with Gasteiger partial charge in [-0.1, -0.05) is 18.2 Å². The lowest BCUT2D eigenvalue weighted by atomic mass is 10.1. The molecule has 3 rings (SSSR count). The molecule has 0 amide bonds. The van der Waals surface area contributed by atoms with Gasteiger partial charge in [0.1, 0.15) is 18.0 Å². The molecule has 0 radical (unpaired) electrons. The van der Waals surface area contributed by atoms with Gasteiger partial charge in [0.25, 0.3) is 0 Å². The van der Waals surface area contributed by atoms with Crippen LogP contribution in [0, 0.1) is 0 Å². The molecule has 0 saturated carbocycles. The number of aliphatic hydroxyl groups excluding tert-OH is 1. The second-order valence-corrected chi connectivity index (χ2v) is 9.94. The lowest BCUT2D eigenvalue weighted by molar-refractivity contribution is -0.141. The minimum Gasteiger partial charge on any atom is -0.479 e. The third-order valence-corrected chi connectivity index (χ3v) is 7.14. The van der Waals surface area contributed by atoms with Gasteiger partial charge in [-0.3, -0.25) is 9.32 Å². The van der Waals surface area contributed by atoms with Crippen molar-refractivity contribution in [3.8, 4) is 11.6 Å². The molecule has 38 heavy (non-hydrogen) atoms. The van der Waals surface area contributed by atoms with Crippen LogP contribution in [0.2, 0.25) is 0 Å². The maximum atomic E-state index is 13.5. The predicted octanol–water partition coefficient (Wildman–Crippen LogP) is 1.77. The molecule has 15 heteroatoms. The van der Waals surface area contributed by atoms with E-state index in [0.717, 1.165) is 0 Å². The number of nitrogens with two attached hydrogens (primary N) is 1. The number of hydrogen-bond acceptors (Lipinski definition) is 13. The molecule has 1 aliphatic rings. The van der Waals surface area contributed by atoms with Crippen LogP contribution < -0.4 is 30.3 Å². The Hall–Kier alpha value is -3.16. The van der Waals surface area contributed by atoms with Crippen LogP contribution >= 0.6 is 7.75 Å². The van der Waals surface area contributed by atoms with Crippen LogP contribution in [-0.4, -0.2) is 80.4 Å². The van der Waals surface area contributed by atoms with Crippen molar-refractivity contribution in [2.75, 3.05) is 63.2 Å². The number of aliphatic hydroxyl groups is 1. The first-order valence-corrected chi connectivity index (χ1v) is 13.6. The molecule has 3 atom stereocenters. The van der Waals surface area contributed by atoms with E-state index in [9.17, 15) is 14.5 Å². The number of methoxy groups -OCH3 is 2. The molecule has 2 aromatic rings. The van der Waals surface area contributed by atoms with Crippen LogP contribution in [-0.2, 0) is 23.4 Å². The summed E-state index contributed by atoms with van der Waals surface area (Å²) in [6, 6.07) is 8.19. The quantitative estimate of drug-likeness (QED) is 0.174. The molecule has 1 aromatic carbocycles. The Morgan fingerprint density at radius 3 is 2.71 bits per heavy atom. The molecule has 1 aromatic heterocycles. The van der Waals surface area contributed by atoms with Gasteiger partial charge in [-0.2, -0.15) is 9.97 Å². The molecule has 5 N–H and O–H groups in total. The number of aromatic nitrogens is 2. The number of nitrogen functional groups attached to an aromatic ring is 1. The maximum Gasteiger partial charge on any atom is 0.459 e. The van der Waals surface area contributed by atoms with Crippen molar-refractivity contribution in [1.82, 2.24) is 15.1 Å². The normalized spacial score (nSPS) is 15.6. The molecule has 0 saturated heterocycles. The summed E-state index contributed by atoms with van der Waals surface area (Å²) >= 11 is 0. The zero-order valence-corrected chi connectivity index (χ0v) is 22.6. The van der Waals surface area contributed by atoms with Crippen molar-refractivity contribution in [3.05, 3.63) is 30.3 Å². The maximum absolute atomic E-state index is 13.5. The molecule has 0 aliphatic carbocycles. The lowest BCUT2D eigenvalue weighted by Crippen LogP contribution is -2.40. The summed E-state index contributed by atoms with van der Waals surface area (Å²) in [6.45, 7) is 1.62. The second-order valence-electron chi connectivity index (χ2n) is 8.19. The van der Waals surface area contributed by atoms with Crippen LogP contribution in [0.15, 0.2) is 30.3 Å². The summed E-state index contributed by atoms with van der Waals surface area (Å²) < 4.78 is 40.7. The van der Waals surface area contributed by atoms with Crippen molar-refractivity contribution in [2.45, 2.75) is 31.9 Å². The van der Waals surface area contributed by atoms with E-state index < -0.39 is 19.8 Å². The number of para-hydroxylation sites is 1. The number of esters is 1. The number of carbonyl (C=O) groups is 1. The Balaban J connectivity index is 1.73. The first kappa shape index (κ1) is 29.4. The first-order chi connectivity index (χ1) is 18.3. The van der Waals surface area contributed by atoms with Crippen molar-refractivity contribution in [2.24, 2.45) is 0 Å². The fourth-order valence-corrected chi connectivity index (χ4v) is 5.15. The van der Waals surface area contributed by atoms with Crippen LogP contribution in [0.3, 0.4) is 0 Å². The van der Waals surface area contributed by atoms with Gasteiger partial charge in [-0.25, -0.2) is 9.65 Å². The van der Waals surface area contributed by atoms with Gasteiger partial charge in [0.05, 0.1) is 33.1 Å². The van der Waals surface area contributed by atoms with E-state index in [4.69, 9.17) is 29.0 Å². The number of nitrogens with zero attached hydrogens (tertiary/aromatic N) is 3. The molecule has 0 fully saturated rings. The van der Waals surface area contributed by atoms with E-state index in [1.54, 1.807) is 37.3 Å². The SMILES string of the molecule is CCOC(=O)CNP(=O)(OCC(CC(CCO)N1CNc2c(OC)nc(N)nc21)OC)Oc1ccccc1. The van der Waals surface area contributed by atoms with E-state index in [-0.39, 0.29) is 38.4 Å². The smallest absolute Gasteiger partial charge is 0.459 e. The molecular formula is C23H35N6O8P. The highest BCUT2D eigenvalue weighted by atomic mass is 31.2. The van der Waals surface area contributed by atoms with Crippen molar-refractivity contribution in [1.29, 1.82) is 0 Å². The predicted molar refractivity (Wildman–Crippen MR) is 140 cm³/mol. The fraction of sp³-hybridized carbons (Fsp3) is 0.522. The summed E-state index contributed by atoms with van der Waals surface area (Å²) in [5.41, 5.74) is 6.46. The van der Waals surface area contributed by atoms with E-state index in [0.29, 0.717) is 42.6 Å². The van der Waals surface area contributed by atoms with Crippen LogP contribution in [0.25, 0.3) is 0 Å². The number of nitrogens with one attached hydrogen (secondary N) is 2. The summed E-state index contributed by atoms with van der Waals surface area (Å²) in [7, 11) is -1.01. The lowest BCUT2D eigenvalue weighted by Gasteiger charge is -2.31. The van der Waals surface area contributed by atoms with Gasteiger partial charge in [0, 0.05) is 19.8 Å². The zero-order chi connectivity index (χ0) is 27.5. The largest absolute Gasteiger partial charge is 0.479 e. The molecule has 210 valence electrons. The third-order valence-electron chi connectivity index (χ3n) is 5.66. The number of fused-ring (bicyclic) bond motifs is 1. The highest BCUT2D eigenvalue weighted by molar-refractivity contribution is 7.52. The fourth-order valence-electron chi connectivity index (χ4n) is 3.86. The number of ether oxygens (including phenoxy) is 3.